The average molecular weight is 219 g/mol. The third-order valence-corrected chi connectivity index (χ3v) is 1.85. The van der Waals surface area contributed by atoms with Crippen molar-refractivity contribution in [1.82, 2.24) is 9.78 Å². The Balaban J connectivity index is 2.63. The van der Waals surface area contributed by atoms with Gasteiger partial charge in [0.1, 0.15) is 0 Å². The fourth-order valence-electron chi connectivity index (χ4n) is 0.921. The third kappa shape index (κ3) is 2.63. The van der Waals surface area contributed by atoms with Crippen LogP contribution in [-0.4, -0.2) is 33.3 Å². The molecule has 0 aliphatic carbocycles. The van der Waals surface area contributed by atoms with Crippen LogP contribution in [-0.2, 0) is 7.05 Å². The van der Waals surface area contributed by atoms with E-state index in [1.807, 2.05) is 0 Å². The monoisotopic (exact) mass is 218 g/mol. The first-order valence-electron chi connectivity index (χ1n) is 4.11. The van der Waals surface area contributed by atoms with Gasteiger partial charge in [-0.05, 0) is 6.42 Å². The maximum Gasteiger partial charge on any atom is 0.356 e. The van der Waals surface area contributed by atoms with Crippen LogP contribution in [0.3, 0.4) is 0 Å². The number of alkyl halides is 1. The van der Waals surface area contributed by atoms with Gasteiger partial charge in [-0.25, -0.2) is 9.48 Å². The lowest BCUT2D eigenvalue weighted by atomic mass is 10.4. The largest absolute Gasteiger partial charge is 0.478 e. The topological polar surface area (TPSA) is 64.4 Å². The van der Waals surface area contributed by atoms with Gasteiger partial charge in [-0.1, -0.05) is 0 Å². The van der Waals surface area contributed by atoms with Crippen LogP contribution in [0.2, 0.25) is 0 Å². The standard InChI is InChI=1S/C8H11ClN2O3/c1-11-7(14-4-2-3-9)5-6(10-11)8(12)13/h5H,2-4H2,1H3,(H,12,13). The van der Waals surface area contributed by atoms with E-state index in [9.17, 15) is 4.79 Å². The van der Waals surface area contributed by atoms with Gasteiger partial charge in [-0.15, -0.1) is 11.6 Å². The number of carboxylic acids is 1. The highest BCUT2D eigenvalue weighted by molar-refractivity contribution is 6.17. The number of halogens is 1. The van der Waals surface area contributed by atoms with Crippen molar-refractivity contribution in [3.8, 4) is 5.88 Å². The van der Waals surface area contributed by atoms with Gasteiger partial charge >= 0.3 is 5.97 Å². The van der Waals surface area contributed by atoms with E-state index in [4.69, 9.17) is 21.4 Å². The predicted molar refractivity (Wildman–Crippen MR) is 51.0 cm³/mol. The van der Waals surface area contributed by atoms with E-state index >= 15 is 0 Å². The molecular weight excluding hydrogens is 208 g/mol. The second-order valence-electron chi connectivity index (χ2n) is 2.69. The lowest BCUT2D eigenvalue weighted by molar-refractivity contribution is 0.0689. The number of aromatic carboxylic acids is 1. The minimum absolute atomic E-state index is 0.0200. The molecule has 0 amide bonds. The maximum absolute atomic E-state index is 10.5. The summed E-state index contributed by atoms with van der Waals surface area (Å²) in [4.78, 5) is 10.5. The zero-order valence-electron chi connectivity index (χ0n) is 7.73. The van der Waals surface area contributed by atoms with Gasteiger partial charge in [-0.3, -0.25) is 0 Å². The number of carboxylic acid groups (broad SMARTS) is 1. The smallest absolute Gasteiger partial charge is 0.356 e. The summed E-state index contributed by atoms with van der Waals surface area (Å²) in [5, 5.41) is 12.4. The van der Waals surface area contributed by atoms with E-state index in [-0.39, 0.29) is 5.69 Å². The Morgan fingerprint density at radius 3 is 3.00 bits per heavy atom. The zero-order chi connectivity index (χ0) is 10.6. The Morgan fingerprint density at radius 1 is 1.79 bits per heavy atom. The number of aryl methyl sites for hydroxylation is 1. The molecule has 0 unspecified atom stereocenters. The summed E-state index contributed by atoms with van der Waals surface area (Å²) in [6.07, 6.45) is 0.717. The summed E-state index contributed by atoms with van der Waals surface area (Å²) in [5.74, 6) is -0.107. The molecule has 0 fully saturated rings. The number of rotatable bonds is 5. The molecule has 5 nitrogen and oxygen atoms in total. The highest BCUT2D eigenvalue weighted by Crippen LogP contribution is 2.12. The number of aromatic nitrogens is 2. The van der Waals surface area contributed by atoms with E-state index in [1.165, 1.54) is 10.7 Å². The molecule has 1 rings (SSSR count). The molecule has 1 heterocycles. The van der Waals surface area contributed by atoms with Crippen molar-refractivity contribution in [3.63, 3.8) is 0 Å². The molecule has 0 radical (unpaired) electrons. The molecule has 1 aromatic rings. The molecule has 0 atom stereocenters. The van der Waals surface area contributed by atoms with Crippen LogP contribution in [0.15, 0.2) is 6.07 Å². The highest BCUT2D eigenvalue weighted by Gasteiger charge is 2.11. The van der Waals surface area contributed by atoms with Crippen molar-refractivity contribution >= 4 is 17.6 Å². The molecule has 14 heavy (non-hydrogen) atoms. The average Bonchev–Trinajstić information content (AvgIpc) is 2.49. The molecule has 0 saturated heterocycles. The van der Waals surface area contributed by atoms with Crippen molar-refractivity contribution in [2.24, 2.45) is 7.05 Å². The molecular formula is C8H11ClN2O3. The molecule has 78 valence electrons. The first kappa shape index (κ1) is 10.8. The van der Waals surface area contributed by atoms with Crippen LogP contribution in [0.4, 0.5) is 0 Å². The van der Waals surface area contributed by atoms with Gasteiger partial charge in [0, 0.05) is 19.0 Å². The molecule has 0 aliphatic rings. The SMILES string of the molecule is Cn1nc(C(=O)O)cc1OCCCCl. The van der Waals surface area contributed by atoms with Crippen molar-refractivity contribution in [2.75, 3.05) is 12.5 Å². The first-order valence-corrected chi connectivity index (χ1v) is 4.64. The van der Waals surface area contributed by atoms with Crippen LogP contribution >= 0.6 is 11.6 Å². The van der Waals surface area contributed by atoms with Crippen LogP contribution in [0.1, 0.15) is 16.9 Å². The van der Waals surface area contributed by atoms with E-state index in [0.717, 1.165) is 6.42 Å². The van der Waals surface area contributed by atoms with E-state index in [1.54, 1.807) is 7.05 Å². The number of ether oxygens (including phenoxy) is 1. The van der Waals surface area contributed by atoms with Crippen LogP contribution < -0.4 is 4.74 Å². The number of hydrogen-bond acceptors (Lipinski definition) is 3. The third-order valence-electron chi connectivity index (χ3n) is 1.58. The summed E-state index contributed by atoms with van der Waals surface area (Å²) in [7, 11) is 1.63. The van der Waals surface area contributed by atoms with E-state index in [2.05, 4.69) is 5.10 Å². The van der Waals surface area contributed by atoms with Crippen molar-refractivity contribution in [2.45, 2.75) is 6.42 Å². The van der Waals surface area contributed by atoms with Crippen molar-refractivity contribution < 1.29 is 14.6 Å². The van der Waals surface area contributed by atoms with E-state index < -0.39 is 5.97 Å². The normalized spacial score (nSPS) is 10.1. The molecule has 0 bridgehead atoms. The second-order valence-corrected chi connectivity index (χ2v) is 3.07. The molecule has 0 saturated carbocycles. The van der Waals surface area contributed by atoms with Gasteiger partial charge in [0.15, 0.2) is 5.69 Å². The predicted octanol–water partition coefficient (Wildman–Crippen LogP) is 1.13. The minimum Gasteiger partial charge on any atom is -0.478 e. The summed E-state index contributed by atoms with van der Waals surface area (Å²) >= 11 is 5.47. The van der Waals surface area contributed by atoms with Gasteiger partial charge < -0.3 is 9.84 Å². The Kier molecular flexibility index (Phi) is 3.76. The van der Waals surface area contributed by atoms with Crippen molar-refractivity contribution in [1.29, 1.82) is 0 Å². The first-order chi connectivity index (χ1) is 6.65. The van der Waals surface area contributed by atoms with Gasteiger partial charge in [-0.2, -0.15) is 5.10 Å². The molecule has 1 aromatic heterocycles. The zero-order valence-corrected chi connectivity index (χ0v) is 8.49. The quantitative estimate of drug-likeness (QED) is 0.594. The minimum atomic E-state index is -1.06. The fraction of sp³-hybridized carbons (Fsp3) is 0.500. The maximum atomic E-state index is 10.5. The molecule has 0 aromatic carbocycles. The van der Waals surface area contributed by atoms with Crippen LogP contribution in [0.5, 0.6) is 5.88 Å². The Labute approximate surface area is 86.2 Å². The Morgan fingerprint density at radius 2 is 2.50 bits per heavy atom. The summed E-state index contributed by atoms with van der Waals surface area (Å²) < 4.78 is 6.65. The summed E-state index contributed by atoms with van der Waals surface area (Å²) in [5.41, 5.74) is -0.0200. The lowest BCUT2D eigenvalue weighted by Gasteiger charge is -2.03. The van der Waals surface area contributed by atoms with Gasteiger partial charge in [0.25, 0.3) is 0 Å². The fourth-order valence-corrected chi connectivity index (χ4v) is 1.03. The molecule has 6 heteroatoms. The number of hydrogen-bond donors (Lipinski definition) is 1. The lowest BCUT2D eigenvalue weighted by Crippen LogP contribution is -2.03. The Bertz CT molecular complexity index is 324. The summed E-state index contributed by atoms with van der Waals surface area (Å²) in [6, 6.07) is 1.39. The highest BCUT2D eigenvalue weighted by atomic mass is 35.5. The number of carbonyl (C=O) groups is 1. The van der Waals surface area contributed by atoms with Gasteiger partial charge in [0.2, 0.25) is 5.88 Å². The van der Waals surface area contributed by atoms with E-state index in [0.29, 0.717) is 18.4 Å². The Hall–Kier alpha value is -1.23. The number of nitrogens with zero attached hydrogens (tertiary/aromatic N) is 2. The van der Waals surface area contributed by atoms with Gasteiger partial charge in [0.05, 0.1) is 6.61 Å². The molecule has 0 aliphatic heterocycles. The molecule has 1 N–H and O–H groups in total. The molecule has 0 spiro atoms. The van der Waals surface area contributed by atoms with Crippen LogP contribution in [0, 0.1) is 0 Å². The second kappa shape index (κ2) is 4.85. The van der Waals surface area contributed by atoms with Crippen molar-refractivity contribution in [3.05, 3.63) is 11.8 Å². The summed E-state index contributed by atoms with van der Waals surface area (Å²) in [6.45, 7) is 0.460. The van der Waals surface area contributed by atoms with Crippen LogP contribution in [0.25, 0.3) is 0 Å².